The summed E-state index contributed by atoms with van der Waals surface area (Å²) in [5, 5.41) is 3.81. The number of aliphatic imine (C=N–C) groups is 1. The second-order valence-corrected chi connectivity index (χ2v) is 6.77. The first-order chi connectivity index (χ1) is 11.1. The predicted molar refractivity (Wildman–Crippen MR) is 93.1 cm³/mol. The first-order valence-electron chi connectivity index (χ1n) is 7.41. The molecule has 0 aliphatic carbocycles. The van der Waals surface area contributed by atoms with Gasteiger partial charge in [-0.1, -0.05) is 29.4 Å². The van der Waals surface area contributed by atoms with E-state index in [2.05, 4.69) is 15.2 Å². The van der Waals surface area contributed by atoms with Gasteiger partial charge in [0.05, 0.1) is 6.54 Å². The first kappa shape index (κ1) is 16.1. The SMILES string of the molecule is O=C(NC1=NCCS1)C(=O)N1CCN(c2cccc(Cl)c2)CC1. The highest BCUT2D eigenvalue weighted by Gasteiger charge is 2.27. The molecule has 3 rings (SSSR count). The van der Waals surface area contributed by atoms with Gasteiger partial charge in [-0.2, -0.15) is 0 Å². The Hall–Kier alpha value is -1.73. The van der Waals surface area contributed by atoms with E-state index in [1.807, 2.05) is 24.3 Å². The molecule has 1 aromatic carbocycles. The Morgan fingerprint density at radius 1 is 1.22 bits per heavy atom. The maximum absolute atomic E-state index is 12.2. The van der Waals surface area contributed by atoms with Crippen LogP contribution in [0.4, 0.5) is 5.69 Å². The van der Waals surface area contributed by atoms with Crippen molar-refractivity contribution in [1.82, 2.24) is 10.2 Å². The maximum atomic E-state index is 12.2. The average molecular weight is 353 g/mol. The molecule has 0 radical (unpaired) electrons. The fourth-order valence-corrected chi connectivity index (χ4v) is 3.45. The van der Waals surface area contributed by atoms with Crippen LogP contribution in [0.1, 0.15) is 0 Å². The van der Waals surface area contributed by atoms with Crippen LogP contribution < -0.4 is 10.2 Å². The molecule has 2 heterocycles. The number of anilines is 1. The molecule has 2 aliphatic rings. The number of amidine groups is 1. The number of nitrogens with zero attached hydrogens (tertiary/aromatic N) is 3. The Kier molecular flexibility index (Phi) is 5.07. The zero-order valence-corrected chi connectivity index (χ0v) is 14.1. The molecule has 0 aromatic heterocycles. The van der Waals surface area contributed by atoms with E-state index in [4.69, 9.17) is 11.6 Å². The molecular weight excluding hydrogens is 336 g/mol. The van der Waals surface area contributed by atoms with Crippen LogP contribution >= 0.6 is 23.4 Å². The van der Waals surface area contributed by atoms with Crippen LogP contribution in [-0.2, 0) is 9.59 Å². The Morgan fingerprint density at radius 2 is 2.00 bits per heavy atom. The fourth-order valence-electron chi connectivity index (χ4n) is 2.55. The van der Waals surface area contributed by atoms with E-state index in [0.29, 0.717) is 42.9 Å². The zero-order chi connectivity index (χ0) is 16.2. The Morgan fingerprint density at radius 3 is 2.65 bits per heavy atom. The molecule has 2 aliphatic heterocycles. The van der Waals surface area contributed by atoms with Crippen LogP contribution in [0.5, 0.6) is 0 Å². The van der Waals surface area contributed by atoms with E-state index in [-0.39, 0.29) is 0 Å². The molecule has 6 nitrogen and oxygen atoms in total. The van der Waals surface area contributed by atoms with Gasteiger partial charge in [-0.25, -0.2) is 0 Å². The number of piperazine rings is 1. The summed E-state index contributed by atoms with van der Waals surface area (Å²) >= 11 is 7.47. The minimum absolute atomic E-state index is 0.494. The summed E-state index contributed by atoms with van der Waals surface area (Å²) in [6.07, 6.45) is 0. The summed E-state index contributed by atoms with van der Waals surface area (Å²) in [5.41, 5.74) is 1.03. The average Bonchev–Trinajstić information content (AvgIpc) is 3.07. The summed E-state index contributed by atoms with van der Waals surface area (Å²) in [7, 11) is 0. The van der Waals surface area contributed by atoms with Gasteiger partial charge in [0.25, 0.3) is 0 Å². The molecule has 0 spiro atoms. The van der Waals surface area contributed by atoms with Gasteiger partial charge >= 0.3 is 11.8 Å². The van der Waals surface area contributed by atoms with Gasteiger partial charge in [0.15, 0.2) is 5.17 Å². The number of hydrogen-bond donors (Lipinski definition) is 1. The van der Waals surface area contributed by atoms with Gasteiger partial charge in [0, 0.05) is 42.6 Å². The minimum atomic E-state index is -0.602. The summed E-state index contributed by atoms with van der Waals surface area (Å²) in [4.78, 5) is 32.0. The number of hydrogen-bond acceptors (Lipinski definition) is 5. The van der Waals surface area contributed by atoms with Gasteiger partial charge in [-0.15, -0.1) is 0 Å². The van der Waals surface area contributed by atoms with Crippen LogP contribution in [-0.4, -0.2) is 60.4 Å². The van der Waals surface area contributed by atoms with Crippen LogP contribution in [0.3, 0.4) is 0 Å². The van der Waals surface area contributed by atoms with Crippen molar-refractivity contribution in [3.8, 4) is 0 Å². The second kappa shape index (κ2) is 7.23. The third-order valence-corrected chi connectivity index (χ3v) is 4.87. The number of thioether (sulfide) groups is 1. The third-order valence-electron chi connectivity index (χ3n) is 3.74. The van der Waals surface area contributed by atoms with Crippen LogP contribution in [0, 0.1) is 0 Å². The highest BCUT2D eigenvalue weighted by atomic mass is 35.5. The standard InChI is InChI=1S/C15H17ClN4O2S/c16-11-2-1-3-12(10-11)19-5-7-20(8-6-19)14(22)13(21)18-15-17-4-9-23-15/h1-3,10H,4-9H2,(H,17,18,21). The number of carbonyl (C=O) groups excluding carboxylic acids is 2. The summed E-state index contributed by atoms with van der Waals surface area (Å²) in [6.45, 7) is 3.06. The lowest BCUT2D eigenvalue weighted by atomic mass is 10.2. The quantitative estimate of drug-likeness (QED) is 0.771. The molecule has 0 unspecified atom stereocenters. The number of carbonyl (C=O) groups is 2. The summed E-state index contributed by atoms with van der Waals surface area (Å²) in [6, 6.07) is 7.63. The lowest BCUT2D eigenvalue weighted by molar-refractivity contribution is -0.145. The number of benzene rings is 1. The van der Waals surface area contributed by atoms with Crippen molar-refractivity contribution in [2.75, 3.05) is 43.4 Å². The van der Waals surface area contributed by atoms with Crippen LogP contribution in [0.25, 0.3) is 0 Å². The smallest absolute Gasteiger partial charge is 0.315 e. The van der Waals surface area contributed by atoms with Crippen molar-refractivity contribution in [3.63, 3.8) is 0 Å². The van der Waals surface area contributed by atoms with E-state index < -0.39 is 11.8 Å². The summed E-state index contributed by atoms with van der Waals surface area (Å²) in [5.74, 6) is -0.248. The van der Waals surface area contributed by atoms with E-state index in [1.165, 1.54) is 11.8 Å². The lowest BCUT2D eigenvalue weighted by Crippen LogP contribution is -2.53. The molecule has 1 aromatic rings. The molecule has 0 saturated carbocycles. The largest absolute Gasteiger partial charge is 0.368 e. The predicted octanol–water partition coefficient (Wildman–Crippen LogP) is 1.21. The van der Waals surface area contributed by atoms with Gasteiger partial charge in [-0.05, 0) is 18.2 Å². The highest BCUT2D eigenvalue weighted by molar-refractivity contribution is 8.14. The molecule has 122 valence electrons. The third kappa shape index (κ3) is 3.97. The van der Waals surface area contributed by atoms with E-state index in [9.17, 15) is 9.59 Å². The lowest BCUT2D eigenvalue weighted by Gasteiger charge is -2.35. The Bertz CT molecular complexity index is 644. The van der Waals surface area contributed by atoms with Gasteiger partial charge < -0.3 is 9.80 Å². The molecule has 0 bridgehead atoms. The van der Waals surface area contributed by atoms with E-state index in [0.717, 1.165) is 11.4 Å². The first-order valence-corrected chi connectivity index (χ1v) is 8.78. The number of amides is 2. The van der Waals surface area contributed by atoms with Crippen LogP contribution in [0.2, 0.25) is 5.02 Å². The van der Waals surface area contributed by atoms with Crippen molar-refractivity contribution in [2.45, 2.75) is 0 Å². The molecule has 1 fully saturated rings. The van der Waals surface area contributed by atoms with Crippen molar-refractivity contribution >= 4 is 46.0 Å². The normalized spacial score (nSPS) is 17.9. The van der Waals surface area contributed by atoms with E-state index >= 15 is 0 Å². The Balaban J connectivity index is 1.53. The number of rotatable bonds is 1. The van der Waals surface area contributed by atoms with Crippen molar-refractivity contribution < 1.29 is 9.59 Å². The molecule has 1 N–H and O–H groups in total. The maximum Gasteiger partial charge on any atom is 0.315 e. The monoisotopic (exact) mass is 352 g/mol. The van der Waals surface area contributed by atoms with Crippen molar-refractivity contribution in [1.29, 1.82) is 0 Å². The second-order valence-electron chi connectivity index (χ2n) is 5.25. The van der Waals surface area contributed by atoms with Crippen molar-refractivity contribution in [3.05, 3.63) is 29.3 Å². The van der Waals surface area contributed by atoms with Gasteiger partial charge in [0.1, 0.15) is 0 Å². The van der Waals surface area contributed by atoms with Gasteiger partial charge in [0.2, 0.25) is 0 Å². The number of nitrogens with one attached hydrogen (secondary N) is 1. The molecule has 23 heavy (non-hydrogen) atoms. The molecule has 0 atom stereocenters. The van der Waals surface area contributed by atoms with E-state index in [1.54, 1.807) is 4.90 Å². The summed E-state index contributed by atoms with van der Waals surface area (Å²) < 4.78 is 0. The zero-order valence-electron chi connectivity index (χ0n) is 12.5. The van der Waals surface area contributed by atoms with Gasteiger partial charge in [-0.3, -0.25) is 19.9 Å². The molecule has 1 saturated heterocycles. The van der Waals surface area contributed by atoms with Crippen LogP contribution in [0.15, 0.2) is 29.3 Å². The molecule has 2 amide bonds. The Labute approximate surface area is 143 Å². The fraction of sp³-hybridized carbons (Fsp3) is 0.400. The topological polar surface area (TPSA) is 65.0 Å². The molecule has 8 heteroatoms. The van der Waals surface area contributed by atoms with Crippen molar-refractivity contribution in [2.24, 2.45) is 4.99 Å². The highest BCUT2D eigenvalue weighted by Crippen LogP contribution is 2.20. The molecular formula is C15H17ClN4O2S. The minimum Gasteiger partial charge on any atom is -0.368 e. The number of halogens is 1.